The van der Waals surface area contributed by atoms with Gasteiger partial charge in [0.25, 0.3) is 11.8 Å². The Balaban J connectivity index is 0.000000267. The number of rotatable bonds is 8. The molecule has 2 aliphatic heterocycles. The third-order valence-corrected chi connectivity index (χ3v) is 5.26. The third kappa shape index (κ3) is 8.72. The Morgan fingerprint density at radius 2 is 0.974 bits per heavy atom. The molecule has 0 saturated carbocycles. The van der Waals surface area contributed by atoms with E-state index in [1.54, 1.807) is 48.5 Å². The van der Waals surface area contributed by atoms with Crippen molar-refractivity contribution in [3.05, 3.63) is 83.2 Å². The first kappa shape index (κ1) is 30.6. The largest absolute Gasteiger partial charge is 2.00 e. The number of carboxylic acids is 2. The molecule has 0 spiro atoms. The number of carbonyl (C=O) groups excluding carboxylic acids is 6. The first-order chi connectivity index (χ1) is 18.2. The number of imide groups is 2. The fraction of sp³-hybridized carbons (Fsp3) is 0.154. The first-order valence-electron chi connectivity index (χ1n) is 11.3. The van der Waals surface area contributed by atoms with E-state index in [9.17, 15) is 39.0 Å². The van der Waals surface area contributed by atoms with Gasteiger partial charge in [-0.2, -0.15) is 0 Å². The number of nitrogens with one attached hydrogen (secondary N) is 2. The van der Waals surface area contributed by atoms with Crippen LogP contribution in [0.1, 0.15) is 24.0 Å². The van der Waals surface area contributed by atoms with Gasteiger partial charge in [0.15, 0.2) is 0 Å². The quantitative estimate of drug-likeness (QED) is 0.236. The minimum absolute atomic E-state index is 0. The van der Waals surface area contributed by atoms with Gasteiger partial charge < -0.3 is 19.8 Å². The molecule has 196 valence electrons. The van der Waals surface area contributed by atoms with Gasteiger partial charge in [-0.15, -0.1) is 0 Å². The maximum Gasteiger partial charge on any atom is 2.00 e. The number of nitrogens with zero attached hydrogens (tertiary/aromatic N) is 2. The van der Waals surface area contributed by atoms with E-state index in [0.717, 1.165) is 20.9 Å². The van der Waals surface area contributed by atoms with Crippen molar-refractivity contribution in [3.63, 3.8) is 0 Å². The summed E-state index contributed by atoms with van der Waals surface area (Å²) in [6.07, 6.45) is 2.42. The fourth-order valence-corrected chi connectivity index (χ4v) is 3.47. The number of carbonyl (C=O) groups is 6. The summed E-state index contributed by atoms with van der Waals surface area (Å²) in [5.74, 6) is -3.61. The first-order valence-corrected chi connectivity index (χ1v) is 11.3. The Bertz CT molecular complexity index is 1210. The normalized spacial score (nSPS) is 16.4. The van der Waals surface area contributed by atoms with Crippen LogP contribution in [0.2, 0.25) is 0 Å². The fourth-order valence-electron chi connectivity index (χ4n) is 3.47. The Morgan fingerprint density at radius 3 is 1.28 bits per heavy atom. The van der Waals surface area contributed by atoms with E-state index in [1.807, 2.05) is 12.1 Å². The average Bonchev–Trinajstić information content (AvgIpc) is 3.30. The molecule has 12 nitrogen and oxygen atoms in total. The molecule has 4 rings (SSSR count). The van der Waals surface area contributed by atoms with Crippen LogP contribution in [0.5, 0.6) is 0 Å². The molecule has 2 aromatic rings. The smallest absolute Gasteiger partial charge is 0.550 e. The summed E-state index contributed by atoms with van der Waals surface area (Å²) in [6.45, 7) is -0.197. The molecule has 13 heteroatoms. The zero-order valence-electron chi connectivity index (χ0n) is 20.6. The van der Waals surface area contributed by atoms with Crippen molar-refractivity contribution in [2.24, 2.45) is 0 Å². The van der Waals surface area contributed by atoms with E-state index in [-0.39, 0.29) is 56.8 Å². The predicted octanol–water partition coefficient (Wildman–Crippen LogP) is -0.564. The average molecular weight is 584 g/mol. The van der Waals surface area contributed by atoms with Crippen LogP contribution >= 0.6 is 0 Å². The van der Waals surface area contributed by atoms with Crippen molar-refractivity contribution in [1.29, 1.82) is 0 Å². The molecule has 2 saturated heterocycles. The van der Waals surface area contributed by atoms with Gasteiger partial charge in [0.1, 0.15) is 11.4 Å². The second-order valence-corrected chi connectivity index (χ2v) is 7.95. The van der Waals surface area contributed by atoms with E-state index in [4.69, 9.17) is 0 Å². The van der Waals surface area contributed by atoms with E-state index < -0.39 is 35.8 Å². The Hall–Kier alpha value is -4.64. The monoisotopic (exact) mass is 582 g/mol. The predicted molar refractivity (Wildman–Crippen MR) is 129 cm³/mol. The number of hydrogen-bond donors (Lipinski definition) is 2. The summed E-state index contributed by atoms with van der Waals surface area (Å²) in [5, 5.41) is 25.1. The molecule has 2 heterocycles. The van der Waals surface area contributed by atoms with E-state index in [2.05, 4.69) is 10.6 Å². The number of carboxylic acid groups (broad SMARTS) is 2. The van der Waals surface area contributed by atoms with Crippen molar-refractivity contribution in [2.75, 3.05) is 13.1 Å². The zero-order valence-corrected chi connectivity index (χ0v) is 23.6. The van der Waals surface area contributed by atoms with Crippen LogP contribution in [0.3, 0.4) is 0 Å². The van der Waals surface area contributed by atoms with Gasteiger partial charge in [0, 0.05) is 37.9 Å². The topological polar surface area (TPSA) is 179 Å². The van der Waals surface area contributed by atoms with Crippen molar-refractivity contribution in [3.8, 4) is 0 Å². The molecule has 2 aliphatic rings. The molecule has 2 N–H and O–H groups in total. The molecule has 0 aromatic heterocycles. The van der Waals surface area contributed by atoms with E-state index in [0.29, 0.717) is 0 Å². The molecule has 0 radical (unpaired) electrons. The summed E-state index contributed by atoms with van der Waals surface area (Å²) in [4.78, 5) is 69.4. The van der Waals surface area contributed by atoms with E-state index in [1.165, 1.54) is 12.2 Å². The van der Waals surface area contributed by atoms with Crippen molar-refractivity contribution in [1.82, 2.24) is 20.4 Å². The van der Waals surface area contributed by atoms with Crippen molar-refractivity contribution < 1.29 is 58.5 Å². The van der Waals surface area contributed by atoms with E-state index >= 15 is 0 Å². The van der Waals surface area contributed by atoms with Gasteiger partial charge in [-0.1, -0.05) is 60.7 Å². The van der Waals surface area contributed by atoms with Gasteiger partial charge >= 0.3 is 31.5 Å². The molecule has 0 atom stereocenters. The standard InChI is InChI=1S/2C13H12N2O4.Zn/c2*16-11(17)6-7-15-10(12(18)14-13(15)19)8-9-4-2-1-3-5-9;/h2*1-5,8H,6-7H2,(H,16,17)(H,14,18,19);/q;;+2/p-2. The van der Waals surface area contributed by atoms with Gasteiger partial charge in [-0.3, -0.25) is 30.0 Å². The summed E-state index contributed by atoms with van der Waals surface area (Å²) in [6, 6.07) is 16.7. The summed E-state index contributed by atoms with van der Waals surface area (Å²) < 4.78 is 0. The summed E-state index contributed by atoms with van der Waals surface area (Å²) >= 11 is 0. The van der Waals surface area contributed by atoms with Crippen molar-refractivity contribution >= 4 is 48.0 Å². The minimum atomic E-state index is -1.27. The molecule has 0 bridgehead atoms. The third-order valence-electron chi connectivity index (χ3n) is 5.26. The number of amides is 6. The van der Waals surface area contributed by atoms with Gasteiger partial charge in [0.05, 0.1) is 0 Å². The van der Waals surface area contributed by atoms with Crippen molar-refractivity contribution in [2.45, 2.75) is 12.8 Å². The van der Waals surface area contributed by atoms with Crippen LogP contribution in [0, 0.1) is 0 Å². The Labute approximate surface area is 235 Å². The summed E-state index contributed by atoms with van der Waals surface area (Å²) in [7, 11) is 0. The van der Waals surface area contributed by atoms with Gasteiger partial charge in [-0.05, 0) is 23.3 Å². The summed E-state index contributed by atoms with van der Waals surface area (Å²) in [5.41, 5.74) is 1.77. The molecule has 2 aromatic carbocycles. The number of hydrogen-bond acceptors (Lipinski definition) is 8. The van der Waals surface area contributed by atoms with Crippen LogP contribution in [0.15, 0.2) is 72.1 Å². The Morgan fingerprint density at radius 1 is 0.641 bits per heavy atom. The second-order valence-electron chi connectivity index (χ2n) is 7.95. The molecular formula is C26H22N4O8Zn. The van der Waals surface area contributed by atoms with Crippen LogP contribution < -0.4 is 20.8 Å². The van der Waals surface area contributed by atoms with Crippen LogP contribution in [-0.4, -0.2) is 58.7 Å². The van der Waals surface area contributed by atoms with Gasteiger partial charge in [0.2, 0.25) is 0 Å². The maximum atomic E-state index is 11.6. The molecular weight excluding hydrogens is 562 g/mol. The molecule has 0 aliphatic carbocycles. The van der Waals surface area contributed by atoms with Gasteiger partial charge in [-0.25, -0.2) is 9.59 Å². The minimum Gasteiger partial charge on any atom is -0.550 e. The molecule has 2 fully saturated rings. The SMILES string of the molecule is O=C([O-])CCN1C(=O)NC(=O)C1=Cc1ccccc1.O=C([O-])CCN1C(=O)NC(=O)C1=Cc1ccccc1.[Zn+2]. The molecule has 6 amide bonds. The molecule has 39 heavy (non-hydrogen) atoms. The Kier molecular flexibility index (Phi) is 11.2. The number of urea groups is 2. The van der Waals surface area contributed by atoms with Crippen LogP contribution in [0.25, 0.3) is 12.2 Å². The van der Waals surface area contributed by atoms with Crippen LogP contribution in [0.4, 0.5) is 9.59 Å². The second kappa shape index (κ2) is 14.3. The number of aliphatic carboxylic acids is 2. The van der Waals surface area contributed by atoms with Crippen LogP contribution in [-0.2, 0) is 38.7 Å². The zero-order chi connectivity index (χ0) is 27.7. The maximum absolute atomic E-state index is 11.6. The molecule has 0 unspecified atom stereocenters. The number of benzene rings is 2.